The van der Waals surface area contributed by atoms with Gasteiger partial charge in [0.1, 0.15) is 30.5 Å². The topological polar surface area (TPSA) is 126 Å². The maximum Gasteiger partial charge on any atom is 0.302 e. The molecule has 0 bridgehead atoms. The van der Waals surface area contributed by atoms with Gasteiger partial charge in [-0.1, -0.05) is 46.8 Å². The van der Waals surface area contributed by atoms with Gasteiger partial charge in [-0.2, -0.15) is 0 Å². The number of carbonyl (C=O) groups excluding carboxylic acids is 1. The Morgan fingerprint density at radius 3 is 2.20 bits per heavy atom. The van der Waals surface area contributed by atoms with Crippen molar-refractivity contribution in [3.63, 3.8) is 0 Å². The minimum absolute atomic E-state index is 0.0202. The molecule has 8 nitrogen and oxygen atoms in total. The molecule has 6 fully saturated rings. The lowest BCUT2D eigenvalue weighted by molar-refractivity contribution is -0.311. The van der Waals surface area contributed by atoms with Crippen molar-refractivity contribution in [1.29, 1.82) is 0 Å². The molecule has 15 atom stereocenters. The monoisotopic (exact) mass is 646 g/mol. The van der Waals surface area contributed by atoms with Crippen molar-refractivity contribution in [3.8, 4) is 0 Å². The highest BCUT2D eigenvalue weighted by atomic mass is 16.7. The quantitative estimate of drug-likeness (QED) is 0.224. The third-order valence-electron chi connectivity index (χ3n) is 15.9. The number of fused-ring (bicyclic) bond motifs is 7. The Balaban J connectivity index is 1.28. The Kier molecular flexibility index (Phi) is 8.93. The average molecular weight is 647 g/mol. The van der Waals surface area contributed by atoms with Crippen LogP contribution in [-0.4, -0.2) is 76.4 Å². The molecule has 1 heterocycles. The fourth-order valence-corrected chi connectivity index (χ4v) is 13.4. The lowest BCUT2D eigenvalue weighted by atomic mass is 9.32. The van der Waals surface area contributed by atoms with E-state index in [4.69, 9.17) is 14.2 Å². The molecule has 1 aliphatic heterocycles. The molecule has 5 aliphatic carbocycles. The second kappa shape index (κ2) is 11.8. The molecule has 6 aliphatic rings. The van der Waals surface area contributed by atoms with Gasteiger partial charge < -0.3 is 34.6 Å². The lowest BCUT2D eigenvalue weighted by Gasteiger charge is -2.73. The summed E-state index contributed by atoms with van der Waals surface area (Å²) in [6.45, 7) is 20.7. The minimum Gasteiger partial charge on any atom is -0.462 e. The molecule has 46 heavy (non-hydrogen) atoms. The first-order chi connectivity index (χ1) is 21.5. The van der Waals surface area contributed by atoms with E-state index in [2.05, 4.69) is 48.1 Å². The first kappa shape index (κ1) is 34.8. The van der Waals surface area contributed by atoms with Gasteiger partial charge in [0.15, 0.2) is 6.29 Å². The van der Waals surface area contributed by atoms with Gasteiger partial charge in [-0.15, -0.1) is 0 Å². The highest BCUT2D eigenvalue weighted by molar-refractivity contribution is 5.66. The Bertz CT molecular complexity index is 1190. The van der Waals surface area contributed by atoms with E-state index in [1.54, 1.807) is 6.92 Å². The molecule has 0 radical (unpaired) electrons. The van der Waals surface area contributed by atoms with E-state index in [-0.39, 0.29) is 39.1 Å². The average Bonchev–Trinajstić information content (AvgIpc) is 3.37. The van der Waals surface area contributed by atoms with E-state index in [0.29, 0.717) is 36.2 Å². The molecule has 0 aromatic heterocycles. The summed E-state index contributed by atoms with van der Waals surface area (Å²) in [7, 11) is 0. The van der Waals surface area contributed by atoms with E-state index >= 15 is 0 Å². The van der Waals surface area contributed by atoms with E-state index in [1.165, 1.54) is 24.8 Å². The summed E-state index contributed by atoms with van der Waals surface area (Å²) in [5, 5.41) is 41.2. The number of allylic oxidation sites excluding steroid dienone is 1. The Hall–Kier alpha value is -1.03. The molecule has 8 heteroatoms. The van der Waals surface area contributed by atoms with Crippen molar-refractivity contribution in [3.05, 3.63) is 12.2 Å². The third kappa shape index (κ3) is 4.93. The van der Waals surface area contributed by atoms with Crippen LogP contribution in [0.15, 0.2) is 12.2 Å². The Morgan fingerprint density at radius 2 is 1.54 bits per heavy atom. The second-order valence-electron chi connectivity index (χ2n) is 18.0. The first-order valence-corrected chi connectivity index (χ1v) is 18.2. The molecule has 6 rings (SSSR count). The van der Waals surface area contributed by atoms with Crippen LogP contribution < -0.4 is 0 Å². The van der Waals surface area contributed by atoms with Crippen LogP contribution in [0.2, 0.25) is 0 Å². The van der Waals surface area contributed by atoms with Crippen molar-refractivity contribution in [2.45, 2.75) is 149 Å². The van der Waals surface area contributed by atoms with E-state index in [9.17, 15) is 25.2 Å². The van der Waals surface area contributed by atoms with Crippen molar-refractivity contribution in [2.75, 3.05) is 13.2 Å². The van der Waals surface area contributed by atoms with E-state index in [0.717, 1.165) is 44.9 Å². The largest absolute Gasteiger partial charge is 0.462 e. The van der Waals surface area contributed by atoms with Gasteiger partial charge in [0.05, 0.1) is 13.2 Å². The summed E-state index contributed by atoms with van der Waals surface area (Å²) in [4.78, 5) is 12.0. The minimum atomic E-state index is -1.44. The number of carbonyl (C=O) groups is 1. The molecule has 0 aromatic rings. The molecule has 0 aromatic carbocycles. The molecule has 1 saturated heterocycles. The van der Waals surface area contributed by atoms with Crippen molar-refractivity contribution in [2.24, 2.45) is 56.7 Å². The fraction of sp³-hybridized carbons (Fsp3) is 0.921. The summed E-state index contributed by atoms with van der Waals surface area (Å²) in [5.74, 6) is 2.30. The molecule has 0 unspecified atom stereocenters. The smallest absolute Gasteiger partial charge is 0.302 e. The number of hydrogen-bond acceptors (Lipinski definition) is 8. The van der Waals surface area contributed by atoms with Crippen LogP contribution in [0.25, 0.3) is 0 Å². The van der Waals surface area contributed by atoms with E-state index in [1.807, 2.05) is 0 Å². The maximum atomic E-state index is 12.0. The summed E-state index contributed by atoms with van der Waals surface area (Å²) in [6, 6.07) is 0. The molecule has 0 amide bonds. The van der Waals surface area contributed by atoms with Gasteiger partial charge in [0, 0.05) is 12.3 Å². The number of aliphatic hydroxyl groups is 4. The third-order valence-corrected chi connectivity index (χ3v) is 15.9. The van der Waals surface area contributed by atoms with E-state index < -0.39 is 37.3 Å². The van der Waals surface area contributed by atoms with Gasteiger partial charge in [-0.25, -0.2) is 0 Å². The van der Waals surface area contributed by atoms with Gasteiger partial charge in [0.25, 0.3) is 0 Å². The van der Waals surface area contributed by atoms with Crippen LogP contribution in [0.5, 0.6) is 0 Å². The normalized spacial score (nSPS) is 52.9. The zero-order valence-electron chi connectivity index (χ0n) is 29.5. The van der Waals surface area contributed by atoms with Crippen molar-refractivity contribution < 1.29 is 39.4 Å². The Labute approximate surface area is 276 Å². The van der Waals surface area contributed by atoms with Gasteiger partial charge in [0.2, 0.25) is 0 Å². The predicted molar refractivity (Wildman–Crippen MR) is 174 cm³/mol. The van der Waals surface area contributed by atoms with Crippen molar-refractivity contribution >= 4 is 5.97 Å². The van der Waals surface area contributed by atoms with Gasteiger partial charge in [-0.05, 0) is 122 Å². The summed E-state index contributed by atoms with van der Waals surface area (Å²) < 4.78 is 18.1. The summed E-state index contributed by atoms with van der Waals surface area (Å²) in [5.41, 5.74) is 1.66. The highest BCUT2D eigenvalue weighted by Crippen LogP contribution is 2.77. The van der Waals surface area contributed by atoms with Crippen LogP contribution in [0.1, 0.15) is 113 Å². The number of esters is 1. The zero-order valence-corrected chi connectivity index (χ0v) is 29.5. The number of aliphatic hydroxyl groups excluding tert-OH is 4. The van der Waals surface area contributed by atoms with Crippen molar-refractivity contribution in [1.82, 2.24) is 0 Å². The van der Waals surface area contributed by atoms with Crippen LogP contribution >= 0.6 is 0 Å². The molecular weight excluding hydrogens is 584 g/mol. The molecule has 262 valence electrons. The number of ether oxygens (including phenoxy) is 3. The molecule has 4 N–H and O–H groups in total. The Morgan fingerprint density at radius 1 is 0.826 bits per heavy atom. The molecule has 5 saturated carbocycles. The number of hydrogen-bond donors (Lipinski definition) is 4. The van der Waals surface area contributed by atoms with Crippen LogP contribution in [0.4, 0.5) is 0 Å². The van der Waals surface area contributed by atoms with Crippen LogP contribution in [0.3, 0.4) is 0 Å². The highest BCUT2D eigenvalue weighted by Gasteiger charge is 2.71. The summed E-state index contributed by atoms with van der Waals surface area (Å²) >= 11 is 0. The van der Waals surface area contributed by atoms with Gasteiger partial charge >= 0.3 is 5.97 Å². The van der Waals surface area contributed by atoms with Crippen LogP contribution in [0, 0.1) is 56.7 Å². The van der Waals surface area contributed by atoms with Crippen LogP contribution in [-0.2, 0) is 19.0 Å². The lowest BCUT2D eigenvalue weighted by Crippen LogP contribution is -2.67. The molecular formula is C38H62O8. The standard InChI is InChI=1S/C38H62O8/c1-21(2)23-11-16-38(20-44-33-32(43)31(42)30(41)25(19-39)46-33)18-17-36(7)24(29(23)38)9-10-27-35(6)14-13-28(45-22(3)40)34(4,5)26(35)12-15-37(27,36)8/h23-33,39,41-43H,1,9-20H2,2-8H3/t23-,24+,25+,26-,27+,28-,29+,30-,31+,32-,33-,35-,36+,37+,38+/m0/s1. The predicted octanol–water partition coefficient (Wildman–Crippen LogP) is 5.39. The fourth-order valence-electron chi connectivity index (χ4n) is 13.4. The summed E-state index contributed by atoms with van der Waals surface area (Å²) in [6.07, 6.45) is 4.76. The SMILES string of the molecule is C=C(C)[C@@H]1CC[C@]2(CO[C@H]3O[C@H](CO)[C@H](O)[C@@H](O)[C@@H]3O)CC[C@]3(C)[C@H](CC[C@@H]4[C@@]5(C)CC[C@H](OC(C)=O)C(C)(C)[C@@H]5CC[C@]43C)[C@@H]12. The first-order valence-electron chi connectivity index (χ1n) is 18.2. The molecule has 0 spiro atoms. The zero-order chi connectivity index (χ0) is 33.6. The second-order valence-corrected chi connectivity index (χ2v) is 18.0. The van der Waals surface area contributed by atoms with Gasteiger partial charge in [-0.3, -0.25) is 4.79 Å². The number of rotatable bonds is 6. The maximum absolute atomic E-state index is 12.0.